The highest BCUT2D eigenvalue weighted by Gasteiger charge is 2.05. The molecule has 0 saturated carbocycles. The van der Waals surface area contributed by atoms with Crippen molar-refractivity contribution >= 4 is 45.9 Å². The van der Waals surface area contributed by atoms with Crippen LogP contribution in [-0.2, 0) is 9.53 Å². The molecular weight excluding hydrogens is 315 g/mol. The average molecular weight is 330 g/mol. The lowest BCUT2D eigenvalue weighted by Gasteiger charge is -2.12. The Morgan fingerprint density at radius 3 is 2.50 bits per heavy atom. The third kappa shape index (κ3) is 8.49. The predicted octanol–water partition coefficient (Wildman–Crippen LogP) is 1.18. The molecule has 0 fully saturated rings. The SMILES string of the molecule is CC(I)NC(=O)CNC(=S)OC(C)C. The smallest absolute Gasteiger partial charge is 0.257 e. The van der Waals surface area contributed by atoms with Crippen LogP contribution in [0.1, 0.15) is 20.8 Å². The molecule has 14 heavy (non-hydrogen) atoms. The maximum absolute atomic E-state index is 11.2. The highest BCUT2D eigenvalue weighted by atomic mass is 127. The molecule has 82 valence electrons. The number of amides is 1. The van der Waals surface area contributed by atoms with Gasteiger partial charge in [-0.2, -0.15) is 0 Å². The second-order valence-corrected chi connectivity index (χ2v) is 5.23. The molecule has 2 N–H and O–H groups in total. The summed E-state index contributed by atoms with van der Waals surface area (Å²) in [6.45, 7) is 5.79. The van der Waals surface area contributed by atoms with Crippen LogP contribution in [-0.4, -0.2) is 27.8 Å². The van der Waals surface area contributed by atoms with E-state index in [0.29, 0.717) is 0 Å². The molecule has 0 aliphatic heterocycles. The average Bonchev–Trinajstić information content (AvgIpc) is 1.98. The van der Waals surface area contributed by atoms with Crippen LogP contribution < -0.4 is 10.6 Å². The van der Waals surface area contributed by atoms with Gasteiger partial charge in [0.2, 0.25) is 5.91 Å². The number of halogens is 1. The molecule has 0 aromatic heterocycles. The van der Waals surface area contributed by atoms with Crippen LogP contribution >= 0.6 is 34.8 Å². The van der Waals surface area contributed by atoms with Gasteiger partial charge in [0, 0.05) is 0 Å². The lowest BCUT2D eigenvalue weighted by Crippen LogP contribution is -2.39. The molecule has 0 aromatic carbocycles. The number of ether oxygens (including phenoxy) is 1. The summed E-state index contributed by atoms with van der Waals surface area (Å²) in [5, 5.41) is 5.69. The summed E-state index contributed by atoms with van der Waals surface area (Å²) >= 11 is 6.96. The Morgan fingerprint density at radius 2 is 2.07 bits per heavy atom. The highest BCUT2D eigenvalue weighted by Crippen LogP contribution is 1.91. The van der Waals surface area contributed by atoms with Gasteiger partial charge in [0.15, 0.2) is 0 Å². The van der Waals surface area contributed by atoms with Crippen molar-refractivity contribution in [2.75, 3.05) is 6.54 Å². The van der Waals surface area contributed by atoms with E-state index in [1.807, 2.05) is 20.8 Å². The third-order valence-electron chi connectivity index (χ3n) is 1.10. The second-order valence-electron chi connectivity index (χ2n) is 2.99. The van der Waals surface area contributed by atoms with Gasteiger partial charge in [-0.1, -0.05) is 22.6 Å². The quantitative estimate of drug-likeness (QED) is 0.352. The van der Waals surface area contributed by atoms with E-state index < -0.39 is 0 Å². The zero-order valence-electron chi connectivity index (χ0n) is 8.46. The molecule has 0 aliphatic carbocycles. The number of carbonyl (C=O) groups is 1. The molecule has 0 radical (unpaired) electrons. The maximum atomic E-state index is 11.2. The van der Waals surface area contributed by atoms with E-state index in [1.165, 1.54) is 0 Å². The highest BCUT2D eigenvalue weighted by molar-refractivity contribution is 14.1. The first-order valence-electron chi connectivity index (χ1n) is 4.29. The van der Waals surface area contributed by atoms with E-state index in [1.54, 1.807) is 0 Å². The molecule has 1 unspecified atom stereocenters. The third-order valence-corrected chi connectivity index (χ3v) is 1.65. The summed E-state index contributed by atoms with van der Waals surface area (Å²) in [6, 6.07) is 0. The van der Waals surface area contributed by atoms with Crippen molar-refractivity contribution in [1.29, 1.82) is 0 Å². The van der Waals surface area contributed by atoms with Gasteiger partial charge in [0.1, 0.15) is 0 Å². The fourth-order valence-corrected chi connectivity index (χ4v) is 1.29. The summed E-state index contributed by atoms with van der Waals surface area (Å²) in [7, 11) is 0. The summed E-state index contributed by atoms with van der Waals surface area (Å²) in [4.78, 5) is 11.2. The molecule has 1 amide bonds. The van der Waals surface area contributed by atoms with Crippen molar-refractivity contribution < 1.29 is 9.53 Å². The number of rotatable bonds is 4. The standard InChI is InChI=1S/C8H15IN2O2S/c1-5(2)13-8(14)10-4-7(12)11-6(3)9/h5-6H,4H2,1-3H3,(H,10,14)(H,11,12). The Balaban J connectivity index is 3.61. The Bertz CT molecular complexity index is 188. The first-order valence-corrected chi connectivity index (χ1v) is 5.95. The molecule has 4 nitrogen and oxygen atoms in total. The zero-order chi connectivity index (χ0) is 11.1. The number of alkyl halides is 1. The number of hydrogen-bond donors (Lipinski definition) is 2. The summed E-state index contributed by atoms with van der Waals surface area (Å²) < 4.78 is 5.26. The fourth-order valence-electron chi connectivity index (χ4n) is 0.681. The van der Waals surface area contributed by atoms with E-state index >= 15 is 0 Å². The lowest BCUT2D eigenvalue weighted by molar-refractivity contribution is -0.120. The minimum Gasteiger partial charge on any atom is -0.468 e. The molecule has 0 rings (SSSR count). The van der Waals surface area contributed by atoms with Crippen LogP contribution in [0.3, 0.4) is 0 Å². The van der Waals surface area contributed by atoms with Gasteiger partial charge in [-0.15, -0.1) is 0 Å². The summed E-state index contributed by atoms with van der Waals surface area (Å²) in [5.74, 6) is -0.0957. The van der Waals surface area contributed by atoms with Gasteiger partial charge in [0.25, 0.3) is 5.17 Å². The number of thiocarbonyl (C=S) groups is 1. The van der Waals surface area contributed by atoms with Gasteiger partial charge in [-0.3, -0.25) is 4.79 Å². The molecule has 0 aliphatic rings. The van der Waals surface area contributed by atoms with Crippen LogP contribution in [0.2, 0.25) is 0 Å². The van der Waals surface area contributed by atoms with Crippen molar-refractivity contribution in [3.05, 3.63) is 0 Å². The van der Waals surface area contributed by atoms with Gasteiger partial charge >= 0.3 is 0 Å². The molecule has 0 aromatic rings. The maximum Gasteiger partial charge on any atom is 0.257 e. The first kappa shape index (κ1) is 13.9. The zero-order valence-corrected chi connectivity index (χ0v) is 11.4. The molecule has 6 heteroatoms. The van der Waals surface area contributed by atoms with Crippen molar-refractivity contribution in [2.24, 2.45) is 0 Å². The van der Waals surface area contributed by atoms with Gasteiger partial charge in [-0.05, 0) is 33.0 Å². The van der Waals surface area contributed by atoms with Crippen molar-refractivity contribution in [3.63, 3.8) is 0 Å². The summed E-state index contributed by atoms with van der Waals surface area (Å²) in [6.07, 6.45) is 0.0292. The van der Waals surface area contributed by atoms with Crippen LogP contribution in [0.25, 0.3) is 0 Å². The number of carbonyl (C=O) groups excluding carboxylic acids is 1. The molecule has 0 heterocycles. The first-order chi connectivity index (χ1) is 6.41. The predicted molar refractivity (Wildman–Crippen MR) is 68.4 cm³/mol. The minimum atomic E-state index is -0.0957. The van der Waals surface area contributed by atoms with Crippen molar-refractivity contribution in [2.45, 2.75) is 30.9 Å². The molecule has 0 spiro atoms. The van der Waals surface area contributed by atoms with Crippen LogP contribution in [0, 0.1) is 0 Å². The van der Waals surface area contributed by atoms with E-state index in [0.717, 1.165) is 0 Å². The van der Waals surface area contributed by atoms with Crippen LogP contribution in [0.4, 0.5) is 0 Å². The summed E-state index contributed by atoms with van der Waals surface area (Å²) in [5.41, 5.74) is 0. The monoisotopic (exact) mass is 330 g/mol. The van der Waals surface area contributed by atoms with Crippen LogP contribution in [0.15, 0.2) is 0 Å². The van der Waals surface area contributed by atoms with Crippen LogP contribution in [0.5, 0.6) is 0 Å². The number of nitrogens with one attached hydrogen (secondary N) is 2. The normalized spacial score (nSPS) is 12.1. The Morgan fingerprint density at radius 1 is 1.50 bits per heavy atom. The van der Waals surface area contributed by atoms with Gasteiger partial charge in [-0.25, -0.2) is 0 Å². The topological polar surface area (TPSA) is 50.4 Å². The largest absolute Gasteiger partial charge is 0.468 e. The number of hydrogen-bond acceptors (Lipinski definition) is 3. The molecule has 0 bridgehead atoms. The molecule has 0 saturated heterocycles. The van der Waals surface area contributed by atoms with E-state index in [-0.39, 0.29) is 27.8 Å². The molecule has 1 atom stereocenters. The fraction of sp³-hybridized carbons (Fsp3) is 0.750. The minimum absolute atomic E-state index is 0.0292. The Kier molecular flexibility index (Phi) is 7.16. The lowest BCUT2D eigenvalue weighted by atomic mass is 10.5. The Hall–Kier alpha value is -0.110. The Labute approximate surface area is 103 Å². The molecular formula is C8H15IN2O2S. The van der Waals surface area contributed by atoms with Gasteiger partial charge in [0.05, 0.1) is 16.7 Å². The van der Waals surface area contributed by atoms with Crippen molar-refractivity contribution in [1.82, 2.24) is 10.6 Å². The van der Waals surface area contributed by atoms with Gasteiger partial charge < -0.3 is 15.4 Å². The second kappa shape index (κ2) is 7.22. The van der Waals surface area contributed by atoms with Crippen molar-refractivity contribution in [3.8, 4) is 0 Å². The van der Waals surface area contributed by atoms with E-state index in [4.69, 9.17) is 17.0 Å². The van der Waals surface area contributed by atoms with E-state index in [9.17, 15) is 4.79 Å². The van der Waals surface area contributed by atoms with E-state index in [2.05, 4.69) is 33.2 Å².